The Morgan fingerprint density at radius 1 is 1.12 bits per heavy atom. The number of rotatable bonds is 6. The van der Waals surface area contributed by atoms with Gasteiger partial charge in [-0.15, -0.1) is 0 Å². The fourth-order valence-electron chi connectivity index (χ4n) is 3.48. The van der Waals surface area contributed by atoms with Crippen molar-refractivity contribution in [3.63, 3.8) is 0 Å². The van der Waals surface area contributed by atoms with Gasteiger partial charge in [-0.25, -0.2) is 15.0 Å². The summed E-state index contributed by atoms with van der Waals surface area (Å²) in [5, 5.41) is 0. The van der Waals surface area contributed by atoms with Crippen molar-refractivity contribution >= 4 is 11.2 Å². The molecule has 0 amide bonds. The highest BCUT2D eigenvalue weighted by molar-refractivity contribution is 5.71. The molecule has 0 radical (unpaired) electrons. The van der Waals surface area contributed by atoms with Crippen LogP contribution in [0.4, 0.5) is 0 Å². The van der Waals surface area contributed by atoms with E-state index in [2.05, 4.69) is 24.3 Å². The third kappa shape index (κ3) is 3.62. The molecule has 0 saturated carbocycles. The fourth-order valence-corrected chi connectivity index (χ4v) is 3.48. The van der Waals surface area contributed by atoms with Crippen LogP contribution in [-0.4, -0.2) is 68.6 Å². The van der Waals surface area contributed by atoms with E-state index in [9.17, 15) is 0 Å². The first-order chi connectivity index (χ1) is 12.7. The smallest absolute Gasteiger partial charge is 0.191 e. The van der Waals surface area contributed by atoms with Crippen LogP contribution < -0.4 is 5.73 Å². The number of nitrogens with zero attached hydrogens (tertiary/aromatic N) is 6. The number of imidazole rings is 1. The van der Waals surface area contributed by atoms with Gasteiger partial charge in [0.2, 0.25) is 0 Å². The van der Waals surface area contributed by atoms with E-state index in [-0.39, 0.29) is 0 Å². The Labute approximate surface area is 152 Å². The van der Waals surface area contributed by atoms with E-state index in [0.29, 0.717) is 12.4 Å². The Morgan fingerprint density at radius 2 is 1.92 bits per heavy atom. The first-order valence-corrected chi connectivity index (χ1v) is 9.09. The van der Waals surface area contributed by atoms with Gasteiger partial charge in [0.1, 0.15) is 17.1 Å². The first kappa shape index (κ1) is 17.1. The van der Waals surface area contributed by atoms with Crippen LogP contribution in [0.15, 0.2) is 28.9 Å². The minimum absolute atomic E-state index is 0.594. The zero-order chi connectivity index (χ0) is 17.9. The minimum Gasteiger partial charge on any atom is -0.444 e. The van der Waals surface area contributed by atoms with Crippen LogP contribution in [0.5, 0.6) is 0 Å². The van der Waals surface area contributed by atoms with Gasteiger partial charge in [-0.05, 0) is 12.1 Å². The molecule has 3 aromatic heterocycles. The number of hydrogen-bond donors (Lipinski definition) is 1. The number of piperazine rings is 1. The van der Waals surface area contributed by atoms with Crippen LogP contribution in [0.25, 0.3) is 11.2 Å². The van der Waals surface area contributed by atoms with Crippen molar-refractivity contribution in [3.05, 3.63) is 42.0 Å². The topological polar surface area (TPSA) is 89.2 Å². The van der Waals surface area contributed by atoms with Gasteiger partial charge in [0, 0.05) is 52.4 Å². The molecule has 0 aromatic carbocycles. The van der Waals surface area contributed by atoms with E-state index in [1.165, 1.54) is 0 Å². The molecule has 1 aliphatic rings. The summed E-state index contributed by atoms with van der Waals surface area (Å²) in [6, 6.07) is 3.93. The lowest BCUT2D eigenvalue weighted by molar-refractivity contribution is 0.126. The van der Waals surface area contributed by atoms with Crippen LogP contribution in [0.1, 0.15) is 17.5 Å². The number of aryl methyl sites for hydroxylation is 1. The van der Waals surface area contributed by atoms with Crippen molar-refractivity contribution in [1.29, 1.82) is 0 Å². The second-order valence-corrected chi connectivity index (χ2v) is 6.71. The molecule has 3 aromatic rings. The fraction of sp³-hybridized carbons (Fsp3) is 0.500. The molecule has 8 heteroatoms. The van der Waals surface area contributed by atoms with E-state index in [1.54, 1.807) is 6.20 Å². The predicted molar refractivity (Wildman–Crippen MR) is 98.6 cm³/mol. The van der Waals surface area contributed by atoms with Gasteiger partial charge in [0.05, 0.1) is 19.3 Å². The van der Waals surface area contributed by atoms with Gasteiger partial charge in [-0.1, -0.05) is 0 Å². The molecule has 138 valence electrons. The molecule has 4 rings (SSSR count). The maximum atomic E-state index is 5.67. The van der Waals surface area contributed by atoms with Gasteiger partial charge in [-0.3, -0.25) is 9.80 Å². The van der Waals surface area contributed by atoms with Gasteiger partial charge in [0.25, 0.3) is 0 Å². The zero-order valence-electron chi connectivity index (χ0n) is 15.1. The molecule has 2 N–H and O–H groups in total. The van der Waals surface area contributed by atoms with Crippen molar-refractivity contribution in [1.82, 2.24) is 29.3 Å². The predicted octanol–water partition coefficient (Wildman–Crippen LogP) is 0.852. The second kappa shape index (κ2) is 7.53. The summed E-state index contributed by atoms with van der Waals surface area (Å²) < 4.78 is 7.81. The average molecular weight is 355 g/mol. The Bertz CT molecular complexity index is 863. The van der Waals surface area contributed by atoms with E-state index in [0.717, 1.165) is 68.6 Å². The Morgan fingerprint density at radius 3 is 2.65 bits per heavy atom. The van der Waals surface area contributed by atoms with Crippen LogP contribution >= 0.6 is 0 Å². The molecule has 0 atom stereocenters. The lowest BCUT2D eigenvalue weighted by Crippen LogP contribution is -2.47. The lowest BCUT2D eigenvalue weighted by Gasteiger charge is -2.34. The largest absolute Gasteiger partial charge is 0.444 e. The van der Waals surface area contributed by atoms with E-state index in [4.69, 9.17) is 15.1 Å². The summed E-state index contributed by atoms with van der Waals surface area (Å²) in [4.78, 5) is 18.4. The number of aromatic nitrogens is 4. The van der Waals surface area contributed by atoms with Crippen LogP contribution in [0, 0.1) is 6.92 Å². The number of hydrogen-bond acceptors (Lipinski definition) is 7. The monoisotopic (exact) mass is 355 g/mol. The molecule has 1 saturated heterocycles. The third-order valence-corrected chi connectivity index (χ3v) is 4.84. The maximum Gasteiger partial charge on any atom is 0.191 e. The third-order valence-electron chi connectivity index (χ3n) is 4.84. The van der Waals surface area contributed by atoms with E-state index in [1.807, 2.05) is 25.3 Å². The highest BCUT2D eigenvalue weighted by Crippen LogP contribution is 2.18. The molecule has 0 bridgehead atoms. The standard InChI is InChI=1S/C18H25N7O/c1-14-21-11-15(26-14)12-25-17(22-16-3-2-5-20-18(16)25)13-24-9-7-23(6-4-19)8-10-24/h2-3,5,11H,4,6-10,12-13,19H2,1H3. The normalized spacial score (nSPS) is 16.5. The van der Waals surface area contributed by atoms with Crippen LogP contribution in [0.2, 0.25) is 0 Å². The van der Waals surface area contributed by atoms with E-state index < -0.39 is 0 Å². The summed E-state index contributed by atoms with van der Waals surface area (Å²) in [7, 11) is 0. The molecule has 8 nitrogen and oxygen atoms in total. The molecule has 0 spiro atoms. The van der Waals surface area contributed by atoms with E-state index >= 15 is 0 Å². The quantitative estimate of drug-likeness (QED) is 0.701. The summed E-state index contributed by atoms with van der Waals surface area (Å²) in [5.41, 5.74) is 7.47. The van der Waals surface area contributed by atoms with Crippen LogP contribution in [-0.2, 0) is 13.1 Å². The molecular weight excluding hydrogens is 330 g/mol. The summed E-state index contributed by atoms with van der Waals surface area (Å²) in [6.07, 6.45) is 3.58. The molecule has 1 aliphatic heterocycles. The van der Waals surface area contributed by atoms with Crippen molar-refractivity contribution in [3.8, 4) is 0 Å². The molecule has 0 unspecified atom stereocenters. The first-order valence-electron chi connectivity index (χ1n) is 9.09. The van der Waals surface area contributed by atoms with Gasteiger partial charge in [0.15, 0.2) is 11.5 Å². The van der Waals surface area contributed by atoms with Gasteiger partial charge >= 0.3 is 0 Å². The zero-order valence-corrected chi connectivity index (χ0v) is 15.1. The molecular formula is C18H25N7O. The highest BCUT2D eigenvalue weighted by Gasteiger charge is 2.20. The average Bonchev–Trinajstić information content (AvgIpc) is 3.21. The molecule has 4 heterocycles. The highest BCUT2D eigenvalue weighted by atomic mass is 16.4. The lowest BCUT2D eigenvalue weighted by atomic mass is 10.3. The SMILES string of the molecule is Cc1ncc(Cn2c(CN3CCN(CCN)CC3)nc3cccnc32)o1. The van der Waals surface area contributed by atoms with Crippen LogP contribution in [0.3, 0.4) is 0 Å². The van der Waals surface area contributed by atoms with Crippen molar-refractivity contribution in [2.75, 3.05) is 39.3 Å². The molecule has 1 fully saturated rings. The molecule has 26 heavy (non-hydrogen) atoms. The van der Waals surface area contributed by atoms with Crippen molar-refractivity contribution in [2.24, 2.45) is 5.73 Å². The number of pyridine rings is 1. The van der Waals surface area contributed by atoms with Gasteiger partial charge in [-0.2, -0.15) is 0 Å². The number of oxazole rings is 1. The maximum absolute atomic E-state index is 5.67. The summed E-state index contributed by atoms with van der Waals surface area (Å²) in [5.74, 6) is 2.51. The Hall–Kier alpha value is -2.29. The van der Waals surface area contributed by atoms with Gasteiger partial charge < -0.3 is 14.7 Å². The minimum atomic E-state index is 0.594. The second-order valence-electron chi connectivity index (χ2n) is 6.71. The Kier molecular flexibility index (Phi) is 4.96. The summed E-state index contributed by atoms with van der Waals surface area (Å²) in [6.45, 7) is 9.11. The van der Waals surface area contributed by atoms with Crippen molar-refractivity contribution in [2.45, 2.75) is 20.0 Å². The summed E-state index contributed by atoms with van der Waals surface area (Å²) >= 11 is 0. The Balaban J connectivity index is 1.55. The number of fused-ring (bicyclic) bond motifs is 1. The van der Waals surface area contributed by atoms with Crippen molar-refractivity contribution < 1.29 is 4.42 Å². The molecule has 0 aliphatic carbocycles. The number of nitrogens with two attached hydrogens (primary N) is 1.